The van der Waals surface area contributed by atoms with Gasteiger partial charge in [0.05, 0.1) is 19.6 Å². The molecule has 54 heavy (non-hydrogen) atoms. The summed E-state index contributed by atoms with van der Waals surface area (Å²) in [6, 6.07) is 0. The van der Waals surface area contributed by atoms with Gasteiger partial charge in [-0.2, -0.15) is 0 Å². The standard InChI is InChI=1S/C40H46N2O10S2/c1-17(29-31(43)41-39(53-29)23-9-19-7-20(11-23)12-24(39)10-19)27-33(45)49-37(50-34(27)46)3-5-38(6-4-37)51-35(47)28(36(48)52-38)18(2)30-32(44)42-40(54-30)25-13-21-8-22(15-25)16-26(40)14-21/h19-26,45,47H,3-16H2,1-2H3,(H,41,43)(H,42,44)/b29-17+,30-18+. The maximum atomic E-state index is 13.6. The number of thioether (sulfide) groups is 2. The summed E-state index contributed by atoms with van der Waals surface area (Å²) >= 11 is 3.03. The van der Waals surface area contributed by atoms with Gasteiger partial charge in [0.1, 0.15) is 11.1 Å². The first kappa shape index (κ1) is 34.0. The summed E-state index contributed by atoms with van der Waals surface area (Å²) in [5, 5.41) is 29.1. The molecule has 12 nitrogen and oxygen atoms in total. The molecule has 13 rings (SSSR count). The Morgan fingerprint density at radius 3 is 1.15 bits per heavy atom. The highest BCUT2D eigenvalue weighted by Crippen LogP contribution is 2.66. The highest BCUT2D eigenvalue weighted by molar-refractivity contribution is 8.06. The third kappa shape index (κ3) is 4.64. The van der Waals surface area contributed by atoms with Crippen LogP contribution in [0.3, 0.4) is 0 Å². The molecule has 4 N–H and O–H groups in total. The Morgan fingerprint density at radius 1 is 0.537 bits per heavy atom. The predicted molar refractivity (Wildman–Crippen MR) is 194 cm³/mol. The van der Waals surface area contributed by atoms with E-state index in [4.69, 9.17) is 18.9 Å². The normalized spacial score (nSPS) is 48.8. The summed E-state index contributed by atoms with van der Waals surface area (Å²) in [7, 11) is 0. The molecular formula is C40H46N2O10S2. The number of nitrogens with one attached hydrogen (secondary N) is 2. The fraction of sp³-hybridized carbons (Fsp3) is 0.700. The molecule has 0 unspecified atom stereocenters. The van der Waals surface area contributed by atoms with Crippen LogP contribution in [0.4, 0.5) is 0 Å². The van der Waals surface area contributed by atoms with E-state index in [1.54, 1.807) is 13.8 Å². The molecule has 9 saturated carbocycles. The molecule has 0 aromatic heterocycles. The van der Waals surface area contributed by atoms with Gasteiger partial charge in [0.15, 0.2) is 0 Å². The summed E-state index contributed by atoms with van der Waals surface area (Å²) in [6.45, 7) is 3.30. The first-order valence-electron chi connectivity index (χ1n) is 19.9. The van der Waals surface area contributed by atoms with Crippen LogP contribution in [0.2, 0.25) is 0 Å². The summed E-state index contributed by atoms with van der Waals surface area (Å²) < 4.78 is 23.7. The lowest BCUT2D eigenvalue weighted by molar-refractivity contribution is -0.303. The van der Waals surface area contributed by atoms with Crippen LogP contribution in [0, 0.1) is 47.3 Å². The van der Waals surface area contributed by atoms with Crippen molar-refractivity contribution in [3.8, 4) is 0 Å². The second kappa shape index (κ2) is 11.2. The van der Waals surface area contributed by atoms with E-state index < -0.39 is 35.4 Å². The Hall–Kier alpha value is -3.26. The Balaban J connectivity index is 0.799. The number of aliphatic hydroxyl groups is 2. The first-order valence-corrected chi connectivity index (χ1v) is 21.6. The van der Waals surface area contributed by atoms with Gasteiger partial charge in [-0.1, -0.05) is 23.5 Å². The molecule has 0 aromatic carbocycles. The Morgan fingerprint density at radius 2 is 0.852 bits per heavy atom. The minimum absolute atomic E-state index is 0.00273. The molecule has 0 radical (unpaired) electrons. The van der Waals surface area contributed by atoms with Gasteiger partial charge < -0.3 is 39.8 Å². The van der Waals surface area contributed by atoms with E-state index >= 15 is 0 Å². The SMILES string of the molecule is C/C(C1=C(O)OC2(CCC3(CC2)OC(=O)C(/C(C)=C2/SC4(NC2=O)C2CC5CC(C2)CC4C5)=C(O)O3)OC1=O)=C1\SC2(NC1=O)C1CC3CC(C1)CC2C3. The number of esters is 2. The number of amides is 2. The Kier molecular flexibility index (Phi) is 7.05. The fourth-order valence-corrected chi connectivity index (χ4v) is 16.5. The zero-order chi connectivity index (χ0) is 37.1. The number of rotatable bonds is 2. The molecule has 4 spiro atoms. The van der Waals surface area contributed by atoms with Crippen molar-refractivity contribution in [2.24, 2.45) is 47.3 Å². The molecule has 14 heteroatoms. The van der Waals surface area contributed by atoms with E-state index in [9.17, 15) is 29.4 Å². The van der Waals surface area contributed by atoms with Crippen LogP contribution in [0.5, 0.6) is 0 Å². The lowest BCUT2D eigenvalue weighted by Gasteiger charge is -2.59. The number of ether oxygens (including phenoxy) is 4. The second-order valence-corrected chi connectivity index (χ2v) is 21.0. The molecule has 2 amide bonds. The van der Waals surface area contributed by atoms with Crippen LogP contribution in [-0.4, -0.2) is 55.3 Å². The van der Waals surface area contributed by atoms with Crippen LogP contribution in [-0.2, 0) is 38.1 Å². The van der Waals surface area contributed by atoms with Gasteiger partial charge in [0.25, 0.3) is 35.3 Å². The molecule has 4 heterocycles. The van der Waals surface area contributed by atoms with E-state index in [-0.39, 0.29) is 58.4 Å². The highest BCUT2D eigenvalue weighted by Gasteiger charge is 2.64. The number of carbonyl (C=O) groups is 4. The molecule has 0 aromatic rings. The van der Waals surface area contributed by atoms with Crippen molar-refractivity contribution in [1.82, 2.24) is 10.6 Å². The van der Waals surface area contributed by atoms with Crippen LogP contribution >= 0.6 is 23.5 Å². The van der Waals surface area contributed by atoms with E-state index in [0.717, 1.165) is 75.0 Å². The average Bonchev–Trinajstić information content (AvgIpc) is 3.64. The van der Waals surface area contributed by atoms with Crippen molar-refractivity contribution in [3.05, 3.63) is 44.0 Å². The molecule has 288 valence electrons. The first-order chi connectivity index (χ1) is 25.8. The van der Waals surface area contributed by atoms with Crippen molar-refractivity contribution >= 4 is 47.3 Å². The topological polar surface area (TPSA) is 170 Å². The fourth-order valence-electron chi connectivity index (χ4n) is 13.3. The number of hydrogen-bond donors (Lipinski definition) is 4. The molecule has 8 bridgehead atoms. The van der Waals surface area contributed by atoms with Gasteiger partial charge in [-0.25, -0.2) is 9.59 Å². The van der Waals surface area contributed by atoms with Crippen molar-refractivity contribution in [2.45, 2.75) is 125 Å². The van der Waals surface area contributed by atoms with Crippen molar-refractivity contribution in [2.75, 3.05) is 0 Å². The largest absolute Gasteiger partial charge is 0.480 e. The smallest absolute Gasteiger partial charge is 0.349 e. The summed E-state index contributed by atoms with van der Waals surface area (Å²) in [6.07, 6.45) is 11.5. The molecule has 11 fully saturated rings. The van der Waals surface area contributed by atoms with Gasteiger partial charge in [0.2, 0.25) is 0 Å². The van der Waals surface area contributed by atoms with E-state index in [0.29, 0.717) is 44.6 Å². The minimum Gasteiger partial charge on any atom is -0.480 e. The third-order valence-electron chi connectivity index (χ3n) is 15.4. The molecule has 2 saturated heterocycles. The van der Waals surface area contributed by atoms with Crippen LogP contribution < -0.4 is 10.6 Å². The van der Waals surface area contributed by atoms with Crippen LogP contribution in [0.25, 0.3) is 0 Å². The summed E-state index contributed by atoms with van der Waals surface area (Å²) in [5.41, 5.74) is 0.316. The van der Waals surface area contributed by atoms with Crippen molar-refractivity contribution < 1.29 is 48.3 Å². The highest BCUT2D eigenvalue weighted by atomic mass is 32.2. The van der Waals surface area contributed by atoms with Crippen molar-refractivity contribution in [1.29, 1.82) is 0 Å². The third-order valence-corrected chi connectivity index (χ3v) is 19.0. The van der Waals surface area contributed by atoms with Gasteiger partial charge in [-0.05, 0) is 137 Å². The van der Waals surface area contributed by atoms with E-state index in [1.807, 2.05) is 0 Å². The van der Waals surface area contributed by atoms with E-state index in [2.05, 4.69) is 10.6 Å². The van der Waals surface area contributed by atoms with Gasteiger partial charge in [-0.3, -0.25) is 9.59 Å². The number of carbonyl (C=O) groups excluding carboxylic acids is 4. The summed E-state index contributed by atoms with van der Waals surface area (Å²) in [5.74, 6) is -1.86. The Bertz CT molecular complexity index is 1760. The average molecular weight is 779 g/mol. The van der Waals surface area contributed by atoms with Crippen LogP contribution in [0.1, 0.15) is 104 Å². The maximum Gasteiger partial charge on any atom is 0.349 e. The van der Waals surface area contributed by atoms with Gasteiger partial charge >= 0.3 is 11.9 Å². The lowest BCUT2D eigenvalue weighted by Crippen LogP contribution is -2.61. The predicted octanol–water partition coefficient (Wildman–Crippen LogP) is 6.22. The van der Waals surface area contributed by atoms with Gasteiger partial charge in [-0.15, -0.1) is 0 Å². The molecule has 9 aliphatic carbocycles. The minimum atomic E-state index is -1.55. The van der Waals surface area contributed by atoms with Crippen LogP contribution in [0.15, 0.2) is 44.0 Å². The zero-order valence-electron chi connectivity index (χ0n) is 30.5. The quantitative estimate of drug-likeness (QED) is 0.185. The molecule has 4 aliphatic heterocycles. The monoisotopic (exact) mass is 778 g/mol. The maximum absolute atomic E-state index is 13.6. The lowest BCUT2D eigenvalue weighted by atomic mass is 9.53. The van der Waals surface area contributed by atoms with E-state index in [1.165, 1.54) is 36.4 Å². The summed E-state index contributed by atoms with van der Waals surface area (Å²) in [4.78, 5) is 54.3. The van der Waals surface area contributed by atoms with Crippen molar-refractivity contribution in [3.63, 3.8) is 0 Å². The van der Waals surface area contributed by atoms with Gasteiger partial charge in [0, 0.05) is 25.7 Å². The number of hydrogen-bond acceptors (Lipinski definition) is 12. The molecule has 13 aliphatic rings. The molecule has 0 atom stereocenters. The zero-order valence-corrected chi connectivity index (χ0v) is 32.1. The molecular weight excluding hydrogens is 733 g/mol. The second-order valence-electron chi connectivity index (χ2n) is 18.4. The number of aliphatic hydroxyl groups excluding tert-OH is 2. The Labute approximate surface area is 321 Å².